The lowest BCUT2D eigenvalue weighted by Gasteiger charge is -2.19. The molecular formula is C9H18N2O. The molecule has 2 unspecified atom stereocenters. The molecule has 0 amide bonds. The van der Waals surface area contributed by atoms with Crippen molar-refractivity contribution in [3.63, 3.8) is 0 Å². The summed E-state index contributed by atoms with van der Waals surface area (Å²) in [6.45, 7) is 2.88. The number of carbonyl (C=O) groups excluding carboxylic acids is 1. The third-order valence-electron chi connectivity index (χ3n) is 2.62. The van der Waals surface area contributed by atoms with Crippen LogP contribution in [0.25, 0.3) is 0 Å². The van der Waals surface area contributed by atoms with E-state index < -0.39 is 0 Å². The first-order valence-corrected chi connectivity index (χ1v) is 4.60. The van der Waals surface area contributed by atoms with Crippen LogP contribution in [0.4, 0.5) is 0 Å². The van der Waals surface area contributed by atoms with Gasteiger partial charge in [-0.2, -0.15) is 0 Å². The molecule has 1 heterocycles. The highest BCUT2D eigenvalue weighted by atomic mass is 16.1. The third kappa shape index (κ3) is 2.29. The number of nitrogens with two attached hydrogens (primary N) is 1. The molecule has 12 heavy (non-hydrogen) atoms. The minimum absolute atomic E-state index is 0.189. The molecule has 3 heteroatoms. The smallest absolute Gasteiger partial charge is 0.150 e. The summed E-state index contributed by atoms with van der Waals surface area (Å²) in [6.07, 6.45) is 3.00. The van der Waals surface area contributed by atoms with Gasteiger partial charge in [0.05, 0.1) is 6.04 Å². The molecule has 0 aromatic carbocycles. The number of rotatable bonds is 3. The Balaban J connectivity index is 2.35. The van der Waals surface area contributed by atoms with Crippen molar-refractivity contribution in [1.82, 2.24) is 4.90 Å². The highest BCUT2D eigenvalue weighted by Gasteiger charge is 2.24. The Morgan fingerprint density at radius 2 is 2.42 bits per heavy atom. The highest BCUT2D eigenvalue weighted by molar-refractivity contribution is 5.83. The predicted octanol–water partition coefficient (Wildman–Crippen LogP) is 0.387. The molecule has 1 aliphatic rings. The zero-order chi connectivity index (χ0) is 9.14. The third-order valence-corrected chi connectivity index (χ3v) is 2.62. The summed E-state index contributed by atoms with van der Waals surface area (Å²) >= 11 is 0. The first-order valence-electron chi connectivity index (χ1n) is 4.60. The molecule has 0 aromatic heterocycles. The van der Waals surface area contributed by atoms with Crippen molar-refractivity contribution in [2.45, 2.75) is 38.3 Å². The second-order valence-electron chi connectivity index (χ2n) is 3.74. The van der Waals surface area contributed by atoms with Gasteiger partial charge in [-0.15, -0.1) is 0 Å². The molecule has 0 bridgehead atoms. The minimum Gasteiger partial charge on any atom is -0.322 e. The van der Waals surface area contributed by atoms with E-state index in [-0.39, 0.29) is 11.8 Å². The van der Waals surface area contributed by atoms with E-state index in [1.54, 1.807) is 6.92 Å². The first-order chi connectivity index (χ1) is 5.61. The molecule has 2 N–H and O–H groups in total. The summed E-state index contributed by atoms with van der Waals surface area (Å²) in [6, 6.07) is 0.155. The van der Waals surface area contributed by atoms with Gasteiger partial charge in [0.2, 0.25) is 0 Å². The summed E-state index contributed by atoms with van der Waals surface area (Å²) in [7, 11) is 2.08. The van der Waals surface area contributed by atoms with Crippen LogP contribution >= 0.6 is 0 Å². The number of hydrogen-bond donors (Lipinski definition) is 1. The summed E-state index contributed by atoms with van der Waals surface area (Å²) in [5.41, 5.74) is 5.49. The lowest BCUT2D eigenvalue weighted by Crippen LogP contribution is -2.34. The van der Waals surface area contributed by atoms with Crippen molar-refractivity contribution in [3.05, 3.63) is 0 Å². The maximum Gasteiger partial charge on any atom is 0.150 e. The second kappa shape index (κ2) is 4.01. The molecule has 0 radical (unpaired) electrons. The van der Waals surface area contributed by atoms with Crippen molar-refractivity contribution in [3.8, 4) is 0 Å². The van der Waals surface area contributed by atoms with Gasteiger partial charge in [-0.3, -0.25) is 4.79 Å². The topological polar surface area (TPSA) is 46.3 Å². The molecular weight excluding hydrogens is 152 g/mol. The van der Waals surface area contributed by atoms with Crippen LogP contribution < -0.4 is 5.73 Å². The highest BCUT2D eigenvalue weighted by Crippen LogP contribution is 2.18. The van der Waals surface area contributed by atoms with Crippen molar-refractivity contribution in [2.24, 2.45) is 5.73 Å². The normalized spacial score (nSPS) is 27.4. The molecule has 0 saturated carbocycles. The predicted molar refractivity (Wildman–Crippen MR) is 48.9 cm³/mol. The number of carbonyl (C=O) groups is 1. The van der Waals surface area contributed by atoms with Crippen LogP contribution in [-0.2, 0) is 4.79 Å². The summed E-state index contributed by atoms with van der Waals surface area (Å²) in [5, 5.41) is 0. The lowest BCUT2D eigenvalue weighted by atomic mass is 10.0. The Kier molecular flexibility index (Phi) is 3.23. The van der Waals surface area contributed by atoms with Crippen molar-refractivity contribution in [2.75, 3.05) is 13.6 Å². The number of hydrogen-bond acceptors (Lipinski definition) is 3. The summed E-state index contributed by atoms with van der Waals surface area (Å²) in [4.78, 5) is 13.5. The quantitative estimate of drug-likeness (QED) is 0.666. The Morgan fingerprint density at radius 3 is 2.83 bits per heavy atom. The number of nitrogens with zero attached hydrogens (tertiary/aromatic N) is 1. The minimum atomic E-state index is -0.293. The van der Waals surface area contributed by atoms with Gasteiger partial charge in [-0.25, -0.2) is 0 Å². The molecule has 0 aliphatic carbocycles. The van der Waals surface area contributed by atoms with E-state index >= 15 is 0 Å². The van der Waals surface area contributed by atoms with Crippen LogP contribution in [0.2, 0.25) is 0 Å². The Hall–Kier alpha value is -0.410. The zero-order valence-corrected chi connectivity index (χ0v) is 7.92. The molecule has 1 rings (SSSR count). The van der Waals surface area contributed by atoms with Gasteiger partial charge in [0, 0.05) is 12.5 Å². The van der Waals surface area contributed by atoms with Gasteiger partial charge in [0.15, 0.2) is 5.78 Å². The van der Waals surface area contributed by atoms with Crippen LogP contribution in [0.1, 0.15) is 26.2 Å². The number of ketones is 1. The second-order valence-corrected chi connectivity index (χ2v) is 3.74. The number of Topliss-reactive ketones (excluding diaryl/α,β-unsaturated/α-hetero) is 1. The van der Waals surface area contributed by atoms with E-state index in [4.69, 9.17) is 5.73 Å². The van der Waals surface area contributed by atoms with E-state index in [1.165, 1.54) is 6.42 Å². The first kappa shape index (κ1) is 9.68. The van der Waals surface area contributed by atoms with E-state index in [0.717, 1.165) is 13.0 Å². The molecule has 0 aromatic rings. The average molecular weight is 170 g/mol. The van der Waals surface area contributed by atoms with Crippen LogP contribution in [0.15, 0.2) is 0 Å². The van der Waals surface area contributed by atoms with Crippen LogP contribution in [0, 0.1) is 0 Å². The Bertz CT molecular complexity index is 168. The SMILES string of the molecule is CC(N)C(=O)CC1CCCN1C. The maximum atomic E-state index is 11.3. The van der Waals surface area contributed by atoms with Crippen molar-refractivity contribution in [1.29, 1.82) is 0 Å². The van der Waals surface area contributed by atoms with Crippen molar-refractivity contribution < 1.29 is 4.79 Å². The molecule has 3 nitrogen and oxygen atoms in total. The van der Waals surface area contributed by atoms with E-state index in [0.29, 0.717) is 12.5 Å². The summed E-state index contributed by atoms with van der Waals surface area (Å²) in [5.74, 6) is 0.189. The fourth-order valence-electron chi connectivity index (χ4n) is 1.66. The molecule has 0 spiro atoms. The summed E-state index contributed by atoms with van der Waals surface area (Å²) < 4.78 is 0. The fraction of sp³-hybridized carbons (Fsp3) is 0.889. The fourth-order valence-corrected chi connectivity index (χ4v) is 1.66. The van der Waals surface area contributed by atoms with Crippen LogP contribution in [0.5, 0.6) is 0 Å². The van der Waals surface area contributed by atoms with E-state index in [9.17, 15) is 4.79 Å². The molecule has 1 aliphatic heterocycles. The van der Waals surface area contributed by atoms with E-state index in [2.05, 4.69) is 11.9 Å². The Labute approximate surface area is 73.9 Å². The average Bonchev–Trinajstić information content (AvgIpc) is 2.36. The van der Waals surface area contributed by atoms with Crippen LogP contribution in [0.3, 0.4) is 0 Å². The largest absolute Gasteiger partial charge is 0.322 e. The molecule has 2 atom stereocenters. The van der Waals surface area contributed by atoms with Gasteiger partial charge in [-0.05, 0) is 33.4 Å². The molecule has 1 fully saturated rings. The number of likely N-dealkylation sites (tertiary alicyclic amines) is 1. The van der Waals surface area contributed by atoms with Gasteiger partial charge in [0.1, 0.15) is 0 Å². The van der Waals surface area contributed by atoms with Gasteiger partial charge < -0.3 is 10.6 Å². The van der Waals surface area contributed by atoms with E-state index in [1.807, 2.05) is 0 Å². The molecule has 1 saturated heterocycles. The van der Waals surface area contributed by atoms with Crippen LogP contribution in [-0.4, -0.2) is 36.4 Å². The standard InChI is InChI=1S/C9H18N2O/c1-7(10)9(12)6-8-4-3-5-11(8)2/h7-8H,3-6,10H2,1-2H3. The zero-order valence-electron chi connectivity index (χ0n) is 7.92. The van der Waals surface area contributed by atoms with Gasteiger partial charge in [0.25, 0.3) is 0 Å². The van der Waals surface area contributed by atoms with Crippen molar-refractivity contribution >= 4 is 5.78 Å². The van der Waals surface area contributed by atoms with Gasteiger partial charge in [-0.1, -0.05) is 0 Å². The Morgan fingerprint density at radius 1 is 1.75 bits per heavy atom. The lowest BCUT2D eigenvalue weighted by molar-refractivity contribution is -0.120. The monoisotopic (exact) mass is 170 g/mol. The van der Waals surface area contributed by atoms with Gasteiger partial charge >= 0.3 is 0 Å². The molecule has 70 valence electrons. The maximum absolute atomic E-state index is 11.3.